The van der Waals surface area contributed by atoms with Gasteiger partial charge in [-0.25, -0.2) is 9.97 Å². The highest BCUT2D eigenvalue weighted by molar-refractivity contribution is 5.56. The van der Waals surface area contributed by atoms with Crippen LogP contribution in [-0.4, -0.2) is 15.0 Å². The summed E-state index contributed by atoms with van der Waals surface area (Å²) in [6.07, 6.45) is 1.81. The van der Waals surface area contributed by atoms with Crippen LogP contribution in [0, 0.1) is 20.8 Å². The highest BCUT2D eigenvalue weighted by atomic mass is 14.9. The number of pyridine rings is 1. The summed E-state index contributed by atoms with van der Waals surface area (Å²) >= 11 is 0. The van der Waals surface area contributed by atoms with E-state index in [0.717, 1.165) is 34.0 Å². The number of aryl methyl sites for hydroxylation is 3. The van der Waals surface area contributed by atoms with Crippen LogP contribution < -0.4 is 5.73 Å². The summed E-state index contributed by atoms with van der Waals surface area (Å²) in [5.41, 5.74) is 10.7. The lowest BCUT2D eigenvalue weighted by Crippen LogP contribution is -2.09. The van der Waals surface area contributed by atoms with E-state index in [1.54, 1.807) is 0 Å². The lowest BCUT2D eigenvalue weighted by molar-refractivity contribution is 0.790. The van der Waals surface area contributed by atoms with E-state index in [2.05, 4.69) is 15.0 Å². The van der Waals surface area contributed by atoms with E-state index in [9.17, 15) is 0 Å². The standard InChI is InChI=1S/C14H18N4/c1-8-5-12(6-9(2)17-8)14-16-7-13(10(3)15)11(4)18-14/h5-7,10H,15H2,1-4H3/t10-/m0/s1. The monoisotopic (exact) mass is 242 g/mol. The van der Waals surface area contributed by atoms with Gasteiger partial charge in [0.2, 0.25) is 0 Å². The van der Waals surface area contributed by atoms with Crippen molar-refractivity contribution < 1.29 is 0 Å². The van der Waals surface area contributed by atoms with Gasteiger partial charge in [-0.1, -0.05) is 0 Å². The molecule has 0 bridgehead atoms. The summed E-state index contributed by atoms with van der Waals surface area (Å²) in [7, 11) is 0. The molecule has 0 spiro atoms. The lowest BCUT2D eigenvalue weighted by Gasteiger charge is -2.10. The highest BCUT2D eigenvalue weighted by Gasteiger charge is 2.09. The zero-order chi connectivity index (χ0) is 13.3. The molecule has 0 unspecified atom stereocenters. The maximum Gasteiger partial charge on any atom is 0.159 e. The lowest BCUT2D eigenvalue weighted by atomic mass is 10.1. The van der Waals surface area contributed by atoms with Crippen LogP contribution in [0.25, 0.3) is 11.4 Å². The van der Waals surface area contributed by atoms with Gasteiger partial charge in [-0.2, -0.15) is 0 Å². The highest BCUT2D eigenvalue weighted by Crippen LogP contribution is 2.19. The minimum Gasteiger partial charge on any atom is -0.324 e. The predicted molar refractivity (Wildman–Crippen MR) is 72.1 cm³/mol. The summed E-state index contributed by atoms with van der Waals surface area (Å²) in [4.78, 5) is 13.3. The molecule has 18 heavy (non-hydrogen) atoms. The second-order valence-corrected chi connectivity index (χ2v) is 4.66. The fourth-order valence-corrected chi connectivity index (χ4v) is 2.03. The van der Waals surface area contributed by atoms with E-state index in [1.807, 2.05) is 46.0 Å². The second kappa shape index (κ2) is 4.82. The van der Waals surface area contributed by atoms with Gasteiger partial charge in [-0.3, -0.25) is 4.98 Å². The van der Waals surface area contributed by atoms with Crippen LogP contribution in [0.3, 0.4) is 0 Å². The molecule has 94 valence electrons. The molecule has 4 nitrogen and oxygen atoms in total. The zero-order valence-electron chi connectivity index (χ0n) is 11.2. The smallest absolute Gasteiger partial charge is 0.159 e. The molecule has 2 rings (SSSR count). The number of nitrogens with two attached hydrogens (primary N) is 1. The van der Waals surface area contributed by atoms with Gasteiger partial charge >= 0.3 is 0 Å². The van der Waals surface area contributed by atoms with Gasteiger partial charge in [-0.05, 0) is 39.8 Å². The van der Waals surface area contributed by atoms with Crippen LogP contribution in [-0.2, 0) is 0 Å². The van der Waals surface area contributed by atoms with Crippen LogP contribution in [0.4, 0.5) is 0 Å². The maximum absolute atomic E-state index is 5.86. The third-order valence-electron chi connectivity index (χ3n) is 2.85. The molecule has 0 aromatic carbocycles. The topological polar surface area (TPSA) is 64.7 Å². The number of rotatable bonds is 2. The fraction of sp³-hybridized carbons (Fsp3) is 0.357. The van der Waals surface area contributed by atoms with Crippen LogP contribution in [0.5, 0.6) is 0 Å². The molecule has 0 aliphatic heterocycles. The van der Waals surface area contributed by atoms with Crippen molar-refractivity contribution >= 4 is 0 Å². The Labute approximate surface area is 107 Å². The van der Waals surface area contributed by atoms with Gasteiger partial charge in [0.15, 0.2) is 5.82 Å². The van der Waals surface area contributed by atoms with Crippen molar-refractivity contribution in [2.75, 3.05) is 0 Å². The first kappa shape index (κ1) is 12.6. The summed E-state index contributed by atoms with van der Waals surface area (Å²) < 4.78 is 0. The zero-order valence-corrected chi connectivity index (χ0v) is 11.2. The first-order valence-electron chi connectivity index (χ1n) is 6.02. The molecule has 2 N–H and O–H groups in total. The molecular weight excluding hydrogens is 224 g/mol. The molecule has 2 aromatic rings. The molecule has 2 heterocycles. The average Bonchev–Trinajstić information content (AvgIpc) is 2.26. The van der Waals surface area contributed by atoms with Crippen molar-refractivity contribution in [2.24, 2.45) is 5.73 Å². The molecule has 0 saturated carbocycles. The number of aromatic nitrogens is 3. The Morgan fingerprint density at radius 1 is 1.06 bits per heavy atom. The molecule has 0 aliphatic rings. The minimum absolute atomic E-state index is 0.0417. The Kier molecular flexibility index (Phi) is 3.39. The first-order valence-corrected chi connectivity index (χ1v) is 6.02. The molecular formula is C14H18N4. The maximum atomic E-state index is 5.86. The Morgan fingerprint density at radius 2 is 1.67 bits per heavy atom. The van der Waals surface area contributed by atoms with Gasteiger partial charge in [0.1, 0.15) is 0 Å². The third-order valence-corrected chi connectivity index (χ3v) is 2.85. The first-order chi connectivity index (χ1) is 8.47. The Hall–Kier alpha value is -1.81. The van der Waals surface area contributed by atoms with Crippen molar-refractivity contribution in [2.45, 2.75) is 33.7 Å². The average molecular weight is 242 g/mol. The van der Waals surface area contributed by atoms with E-state index in [4.69, 9.17) is 5.73 Å². The summed E-state index contributed by atoms with van der Waals surface area (Å²) in [6, 6.07) is 3.95. The van der Waals surface area contributed by atoms with Crippen LogP contribution in [0.15, 0.2) is 18.3 Å². The van der Waals surface area contributed by atoms with Crippen LogP contribution in [0.1, 0.15) is 35.6 Å². The van der Waals surface area contributed by atoms with E-state index >= 15 is 0 Å². The second-order valence-electron chi connectivity index (χ2n) is 4.66. The molecule has 0 amide bonds. The van der Waals surface area contributed by atoms with Crippen molar-refractivity contribution in [3.8, 4) is 11.4 Å². The SMILES string of the molecule is Cc1cc(-c2ncc([C@H](C)N)c(C)n2)cc(C)n1. The van der Waals surface area contributed by atoms with Gasteiger partial charge in [0.25, 0.3) is 0 Å². The van der Waals surface area contributed by atoms with Gasteiger partial charge < -0.3 is 5.73 Å². The quantitative estimate of drug-likeness (QED) is 0.878. The number of hydrogen-bond acceptors (Lipinski definition) is 4. The molecule has 0 aliphatic carbocycles. The summed E-state index contributed by atoms with van der Waals surface area (Å²) in [6.45, 7) is 7.84. The van der Waals surface area contributed by atoms with Gasteiger partial charge in [0, 0.05) is 40.4 Å². The molecule has 1 atom stereocenters. The summed E-state index contributed by atoms with van der Waals surface area (Å²) in [5, 5.41) is 0. The minimum atomic E-state index is -0.0417. The van der Waals surface area contributed by atoms with E-state index in [0.29, 0.717) is 0 Å². The molecule has 0 saturated heterocycles. The van der Waals surface area contributed by atoms with Crippen molar-refractivity contribution in [3.05, 3.63) is 41.0 Å². The van der Waals surface area contributed by atoms with Crippen molar-refractivity contribution in [1.82, 2.24) is 15.0 Å². The van der Waals surface area contributed by atoms with Crippen molar-refractivity contribution in [3.63, 3.8) is 0 Å². The molecule has 0 radical (unpaired) electrons. The summed E-state index contributed by atoms with van der Waals surface area (Å²) in [5.74, 6) is 0.727. The molecule has 2 aromatic heterocycles. The third kappa shape index (κ3) is 2.54. The molecule has 0 fully saturated rings. The Bertz CT molecular complexity index is 556. The molecule has 4 heteroatoms. The largest absolute Gasteiger partial charge is 0.324 e. The normalized spacial score (nSPS) is 12.5. The van der Waals surface area contributed by atoms with Gasteiger partial charge in [-0.15, -0.1) is 0 Å². The van der Waals surface area contributed by atoms with Crippen LogP contribution in [0.2, 0.25) is 0 Å². The van der Waals surface area contributed by atoms with Crippen molar-refractivity contribution in [1.29, 1.82) is 0 Å². The predicted octanol–water partition coefficient (Wildman–Crippen LogP) is 2.48. The Balaban J connectivity index is 2.48. The van der Waals surface area contributed by atoms with E-state index < -0.39 is 0 Å². The van der Waals surface area contributed by atoms with E-state index in [1.165, 1.54) is 0 Å². The Morgan fingerprint density at radius 3 is 2.17 bits per heavy atom. The van der Waals surface area contributed by atoms with Gasteiger partial charge in [0.05, 0.1) is 0 Å². The number of hydrogen-bond donors (Lipinski definition) is 1. The number of nitrogens with zero attached hydrogens (tertiary/aromatic N) is 3. The van der Waals surface area contributed by atoms with E-state index in [-0.39, 0.29) is 6.04 Å². The fourth-order valence-electron chi connectivity index (χ4n) is 2.03. The van der Waals surface area contributed by atoms with Crippen LogP contribution >= 0.6 is 0 Å².